The van der Waals surface area contributed by atoms with Crippen LogP contribution in [-0.2, 0) is 0 Å². The smallest absolute Gasteiger partial charge is 0.349 e. The maximum Gasteiger partial charge on any atom is 0.349 e. The highest BCUT2D eigenvalue weighted by molar-refractivity contribution is 7.14. The van der Waals surface area contributed by atoms with Crippen LogP contribution in [0.5, 0.6) is 5.75 Å². The molecule has 76 valence electrons. The highest BCUT2D eigenvalue weighted by Crippen LogP contribution is 2.28. The van der Waals surface area contributed by atoms with Crippen LogP contribution in [0.1, 0.15) is 21.0 Å². The number of thiophene rings is 1. The highest BCUT2D eigenvalue weighted by Gasteiger charge is 2.14. The van der Waals surface area contributed by atoms with Crippen molar-refractivity contribution in [3.05, 3.63) is 28.5 Å². The van der Waals surface area contributed by atoms with E-state index in [1.165, 1.54) is 11.3 Å². The second-order valence-corrected chi connectivity index (χ2v) is 4.04. The number of aryl methyl sites for hydroxylation is 1. The zero-order chi connectivity index (χ0) is 10.6. The first-order valence-electron chi connectivity index (χ1n) is 4.22. The number of hydrogen-bond donors (Lipinski definition) is 1. The van der Waals surface area contributed by atoms with E-state index < -0.39 is 5.97 Å². The van der Waals surface area contributed by atoms with Crippen molar-refractivity contribution in [2.75, 3.05) is 6.61 Å². The van der Waals surface area contributed by atoms with Crippen molar-refractivity contribution in [1.29, 1.82) is 0 Å². The second-order valence-electron chi connectivity index (χ2n) is 2.78. The predicted octanol–water partition coefficient (Wildman–Crippen LogP) is 2.71. The summed E-state index contributed by atoms with van der Waals surface area (Å²) in [7, 11) is 0. The summed E-state index contributed by atoms with van der Waals surface area (Å²) in [6.45, 7) is 5.89. The fourth-order valence-electron chi connectivity index (χ4n) is 0.999. The Morgan fingerprint density at radius 1 is 1.79 bits per heavy atom. The summed E-state index contributed by atoms with van der Waals surface area (Å²) in [5.41, 5.74) is 0. The van der Waals surface area contributed by atoms with E-state index in [2.05, 4.69) is 6.58 Å². The van der Waals surface area contributed by atoms with Gasteiger partial charge in [-0.2, -0.15) is 0 Å². The van der Waals surface area contributed by atoms with E-state index >= 15 is 0 Å². The molecule has 0 saturated heterocycles. The van der Waals surface area contributed by atoms with Crippen LogP contribution >= 0.6 is 11.3 Å². The Kier molecular flexibility index (Phi) is 3.71. The molecule has 0 spiro atoms. The normalized spacial score (nSPS) is 9.79. The molecule has 1 rings (SSSR count). The van der Waals surface area contributed by atoms with Crippen LogP contribution in [0.3, 0.4) is 0 Å². The van der Waals surface area contributed by atoms with E-state index in [1.807, 2.05) is 6.92 Å². The molecule has 0 radical (unpaired) electrons. The molecule has 0 aliphatic rings. The largest absolute Gasteiger partial charge is 0.491 e. The molecule has 0 saturated carbocycles. The Morgan fingerprint density at radius 3 is 3.07 bits per heavy atom. The van der Waals surface area contributed by atoms with Crippen LogP contribution in [0.15, 0.2) is 18.7 Å². The molecule has 0 aliphatic heterocycles. The van der Waals surface area contributed by atoms with Crippen LogP contribution in [0.25, 0.3) is 0 Å². The van der Waals surface area contributed by atoms with Gasteiger partial charge in [-0.25, -0.2) is 4.79 Å². The zero-order valence-electron chi connectivity index (χ0n) is 7.95. The minimum atomic E-state index is -0.934. The Morgan fingerprint density at radius 2 is 2.50 bits per heavy atom. The number of rotatable bonds is 5. The van der Waals surface area contributed by atoms with Crippen molar-refractivity contribution < 1.29 is 14.6 Å². The standard InChI is InChI=1S/C10H12O3S/c1-3-4-5-13-8-6-7(2)14-9(8)10(11)12/h3,6H,1,4-5H2,2H3,(H,11,12). The second kappa shape index (κ2) is 4.81. The topological polar surface area (TPSA) is 46.5 Å². The molecule has 0 aliphatic carbocycles. The van der Waals surface area contributed by atoms with Gasteiger partial charge < -0.3 is 9.84 Å². The molecule has 4 heteroatoms. The first-order valence-corrected chi connectivity index (χ1v) is 5.04. The average molecular weight is 212 g/mol. The molecule has 0 fully saturated rings. The molecule has 1 N–H and O–H groups in total. The minimum Gasteiger partial charge on any atom is -0.491 e. The molecule has 0 aromatic carbocycles. The van der Waals surface area contributed by atoms with Gasteiger partial charge in [-0.3, -0.25) is 0 Å². The lowest BCUT2D eigenvalue weighted by molar-refractivity contribution is 0.0698. The van der Waals surface area contributed by atoms with Gasteiger partial charge in [0, 0.05) is 4.88 Å². The molecule has 1 heterocycles. The number of carbonyl (C=O) groups is 1. The summed E-state index contributed by atoms with van der Waals surface area (Å²) in [6.07, 6.45) is 2.45. The van der Waals surface area contributed by atoms with E-state index in [4.69, 9.17) is 9.84 Å². The maximum atomic E-state index is 10.8. The third-order valence-electron chi connectivity index (χ3n) is 1.59. The van der Waals surface area contributed by atoms with E-state index in [-0.39, 0.29) is 4.88 Å². The van der Waals surface area contributed by atoms with Gasteiger partial charge in [-0.1, -0.05) is 6.08 Å². The number of aromatic carboxylic acids is 1. The van der Waals surface area contributed by atoms with E-state index in [9.17, 15) is 4.79 Å². The third kappa shape index (κ3) is 2.60. The zero-order valence-corrected chi connectivity index (χ0v) is 8.76. The molecule has 1 aromatic heterocycles. The Bertz CT molecular complexity index is 341. The lowest BCUT2D eigenvalue weighted by Crippen LogP contribution is -2.00. The van der Waals surface area contributed by atoms with Crippen molar-refractivity contribution >= 4 is 17.3 Å². The molecule has 0 amide bonds. The Hall–Kier alpha value is -1.29. The molecular weight excluding hydrogens is 200 g/mol. The van der Waals surface area contributed by atoms with Crippen LogP contribution in [0, 0.1) is 6.92 Å². The number of carboxylic acids is 1. The molecule has 14 heavy (non-hydrogen) atoms. The van der Waals surface area contributed by atoms with Gasteiger partial charge in [0.2, 0.25) is 0 Å². The lowest BCUT2D eigenvalue weighted by Gasteiger charge is -2.02. The molecular formula is C10H12O3S. The summed E-state index contributed by atoms with van der Waals surface area (Å²) in [5.74, 6) is -0.474. The van der Waals surface area contributed by atoms with Gasteiger partial charge in [0.1, 0.15) is 5.75 Å². The SMILES string of the molecule is C=CCCOc1cc(C)sc1C(=O)O. The van der Waals surface area contributed by atoms with E-state index in [1.54, 1.807) is 12.1 Å². The van der Waals surface area contributed by atoms with Crippen molar-refractivity contribution in [1.82, 2.24) is 0 Å². The van der Waals surface area contributed by atoms with Crippen LogP contribution < -0.4 is 4.74 Å². The fraction of sp³-hybridized carbons (Fsp3) is 0.300. The molecule has 1 aromatic rings. The van der Waals surface area contributed by atoms with Gasteiger partial charge in [0.25, 0.3) is 0 Å². The predicted molar refractivity (Wildman–Crippen MR) is 56.3 cm³/mol. The van der Waals surface area contributed by atoms with Gasteiger partial charge >= 0.3 is 5.97 Å². The van der Waals surface area contributed by atoms with E-state index in [0.29, 0.717) is 18.8 Å². The lowest BCUT2D eigenvalue weighted by atomic mass is 10.4. The highest BCUT2D eigenvalue weighted by atomic mass is 32.1. The summed E-state index contributed by atoms with van der Waals surface area (Å²) in [5, 5.41) is 8.85. The van der Waals surface area contributed by atoms with Crippen molar-refractivity contribution in [2.24, 2.45) is 0 Å². The first kappa shape index (κ1) is 10.8. The average Bonchev–Trinajstić information content (AvgIpc) is 2.47. The Labute approximate surface area is 86.6 Å². The monoisotopic (exact) mass is 212 g/mol. The van der Waals surface area contributed by atoms with Gasteiger partial charge in [0.05, 0.1) is 6.61 Å². The Balaban J connectivity index is 2.74. The number of carboxylic acid groups (broad SMARTS) is 1. The number of ether oxygens (including phenoxy) is 1. The molecule has 3 nitrogen and oxygen atoms in total. The minimum absolute atomic E-state index is 0.270. The van der Waals surface area contributed by atoms with Gasteiger partial charge in [-0.15, -0.1) is 17.9 Å². The van der Waals surface area contributed by atoms with Crippen LogP contribution in [0.4, 0.5) is 0 Å². The molecule has 0 unspecified atom stereocenters. The van der Waals surface area contributed by atoms with Crippen LogP contribution in [-0.4, -0.2) is 17.7 Å². The third-order valence-corrected chi connectivity index (χ3v) is 2.61. The van der Waals surface area contributed by atoms with Crippen molar-refractivity contribution in [3.63, 3.8) is 0 Å². The van der Waals surface area contributed by atoms with Gasteiger partial charge in [-0.05, 0) is 19.4 Å². The van der Waals surface area contributed by atoms with Gasteiger partial charge in [0.15, 0.2) is 4.88 Å². The van der Waals surface area contributed by atoms with E-state index in [0.717, 1.165) is 4.88 Å². The van der Waals surface area contributed by atoms with Crippen molar-refractivity contribution in [3.8, 4) is 5.75 Å². The van der Waals surface area contributed by atoms with Crippen LogP contribution in [0.2, 0.25) is 0 Å². The summed E-state index contributed by atoms with van der Waals surface area (Å²) >= 11 is 1.23. The quantitative estimate of drug-likeness (QED) is 0.603. The summed E-state index contributed by atoms with van der Waals surface area (Å²) in [6, 6.07) is 1.75. The van der Waals surface area contributed by atoms with Crippen molar-refractivity contribution in [2.45, 2.75) is 13.3 Å². The number of hydrogen-bond acceptors (Lipinski definition) is 3. The first-order chi connectivity index (χ1) is 6.65. The molecule has 0 bridgehead atoms. The summed E-state index contributed by atoms with van der Waals surface area (Å²) in [4.78, 5) is 12.0. The summed E-state index contributed by atoms with van der Waals surface area (Å²) < 4.78 is 5.32. The molecule has 0 atom stereocenters. The maximum absolute atomic E-state index is 10.8. The fourth-order valence-corrected chi connectivity index (χ4v) is 1.79.